The number of nitrogens with zero attached hydrogens (tertiary/aromatic N) is 1. The van der Waals surface area contributed by atoms with Gasteiger partial charge in [0.1, 0.15) is 18.6 Å². The molecule has 1 aromatic rings. The van der Waals surface area contributed by atoms with Crippen molar-refractivity contribution in [2.24, 2.45) is 5.73 Å². The first kappa shape index (κ1) is 13.7. The van der Waals surface area contributed by atoms with Crippen molar-refractivity contribution in [3.05, 3.63) is 22.4 Å². The Balaban J connectivity index is 2.20. The molecule has 2 atom stereocenters. The molecule has 3 amide bonds. The molecule has 6 nitrogen and oxygen atoms in total. The van der Waals surface area contributed by atoms with E-state index in [1.54, 1.807) is 19.1 Å². The monoisotopic (exact) mass is 281 g/mol. The van der Waals surface area contributed by atoms with Gasteiger partial charge in [-0.15, -0.1) is 11.3 Å². The van der Waals surface area contributed by atoms with Crippen LogP contribution in [0.15, 0.2) is 17.5 Å². The molecular weight excluding hydrogens is 266 g/mol. The zero-order valence-electron chi connectivity index (χ0n) is 10.5. The van der Waals surface area contributed by atoms with Crippen LogP contribution in [0.4, 0.5) is 0 Å². The fourth-order valence-corrected chi connectivity index (χ4v) is 2.79. The molecule has 102 valence electrons. The van der Waals surface area contributed by atoms with Crippen LogP contribution in [0.3, 0.4) is 0 Å². The zero-order valence-corrected chi connectivity index (χ0v) is 11.3. The third-order valence-electron chi connectivity index (χ3n) is 3.04. The van der Waals surface area contributed by atoms with Gasteiger partial charge in [0.05, 0.1) is 0 Å². The largest absolute Gasteiger partial charge is 0.320 e. The average molecular weight is 281 g/mol. The van der Waals surface area contributed by atoms with Crippen LogP contribution in [0.5, 0.6) is 0 Å². The quantitative estimate of drug-likeness (QED) is 0.763. The normalized spacial score (nSPS) is 21.2. The summed E-state index contributed by atoms with van der Waals surface area (Å²) in [4.78, 5) is 37.4. The van der Waals surface area contributed by atoms with Crippen LogP contribution in [0.2, 0.25) is 0 Å². The maximum Gasteiger partial charge on any atom is 0.249 e. The number of nitrogens with one attached hydrogen (secondary N) is 1. The zero-order chi connectivity index (χ0) is 14.0. The highest BCUT2D eigenvalue weighted by Crippen LogP contribution is 2.21. The molecule has 1 fully saturated rings. The van der Waals surface area contributed by atoms with Gasteiger partial charge in [0, 0.05) is 4.88 Å². The Morgan fingerprint density at radius 1 is 1.63 bits per heavy atom. The molecule has 2 rings (SSSR count). The van der Waals surface area contributed by atoms with Gasteiger partial charge in [-0.05, 0) is 17.9 Å². The number of carbonyl (C=O) groups excluding carboxylic acids is 3. The van der Waals surface area contributed by atoms with Gasteiger partial charge >= 0.3 is 0 Å². The highest BCUT2D eigenvalue weighted by Gasteiger charge is 2.37. The molecular formula is C12H15N3O3S. The van der Waals surface area contributed by atoms with E-state index in [0.29, 0.717) is 6.42 Å². The van der Waals surface area contributed by atoms with E-state index in [1.807, 2.05) is 5.38 Å². The van der Waals surface area contributed by atoms with Crippen molar-refractivity contribution in [3.8, 4) is 0 Å². The molecule has 1 aliphatic rings. The fraction of sp³-hybridized carbons (Fsp3) is 0.417. The Morgan fingerprint density at radius 3 is 2.95 bits per heavy atom. The van der Waals surface area contributed by atoms with E-state index in [4.69, 9.17) is 5.73 Å². The number of imide groups is 1. The average Bonchev–Trinajstić information content (AvgIpc) is 2.90. The summed E-state index contributed by atoms with van der Waals surface area (Å²) in [5.74, 6) is -1.30. The Kier molecular flexibility index (Phi) is 3.96. The summed E-state index contributed by atoms with van der Waals surface area (Å²) in [7, 11) is 0. The van der Waals surface area contributed by atoms with Crippen molar-refractivity contribution in [1.29, 1.82) is 0 Å². The van der Waals surface area contributed by atoms with Crippen LogP contribution < -0.4 is 11.1 Å². The molecule has 2 unspecified atom stereocenters. The van der Waals surface area contributed by atoms with E-state index >= 15 is 0 Å². The van der Waals surface area contributed by atoms with Crippen LogP contribution >= 0.6 is 11.3 Å². The lowest BCUT2D eigenvalue weighted by Gasteiger charge is -2.34. The van der Waals surface area contributed by atoms with E-state index in [-0.39, 0.29) is 6.54 Å². The molecule has 1 saturated heterocycles. The topological polar surface area (TPSA) is 92.5 Å². The Morgan fingerprint density at radius 2 is 2.37 bits per heavy atom. The minimum absolute atomic E-state index is 0.123. The summed E-state index contributed by atoms with van der Waals surface area (Å²) in [6, 6.07) is 2.11. The van der Waals surface area contributed by atoms with E-state index in [1.165, 1.54) is 16.2 Å². The van der Waals surface area contributed by atoms with Crippen molar-refractivity contribution >= 4 is 29.1 Å². The second-order valence-corrected chi connectivity index (χ2v) is 5.27. The summed E-state index contributed by atoms with van der Waals surface area (Å²) in [6.45, 7) is 1.67. The molecule has 0 aromatic carbocycles. The third-order valence-corrected chi connectivity index (χ3v) is 4.00. The van der Waals surface area contributed by atoms with Gasteiger partial charge in [-0.1, -0.05) is 13.0 Å². The predicted molar refractivity (Wildman–Crippen MR) is 70.2 cm³/mol. The molecule has 0 bridgehead atoms. The summed E-state index contributed by atoms with van der Waals surface area (Å²) < 4.78 is 0. The van der Waals surface area contributed by atoms with Gasteiger partial charge in [-0.2, -0.15) is 0 Å². The van der Waals surface area contributed by atoms with Crippen LogP contribution in [-0.2, 0) is 14.4 Å². The van der Waals surface area contributed by atoms with Crippen molar-refractivity contribution < 1.29 is 14.4 Å². The third kappa shape index (κ3) is 2.66. The van der Waals surface area contributed by atoms with E-state index < -0.39 is 29.8 Å². The minimum Gasteiger partial charge on any atom is -0.320 e. The first-order valence-electron chi connectivity index (χ1n) is 5.97. The maximum atomic E-state index is 12.3. The summed E-state index contributed by atoms with van der Waals surface area (Å²) in [6.07, 6.45) is 0.446. The predicted octanol–water partition coefficient (Wildman–Crippen LogP) is 0.0115. The number of hydrogen-bond donors (Lipinski definition) is 2. The molecule has 0 aliphatic carbocycles. The molecule has 0 saturated carbocycles. The minimum atomic E-state index is -0.826. The Bertz CT molecular complexity index is 500. The molecule has 7 heteroatoms. The van der Waals surface area contributed by atoms with E-state index in [9.17, 15) is 14.4 Å². The number of rotatable bonds is 3. The standard InChI is InChI=1S/C12H15N3O3S/c1-2-7-11(17)14-9(16)6-15(7)12(18)10(13)8-4-3-5-19-8/h3-5,7,10H,2,6,13H2,1H3,(H,14,16,17). The number of amides is 3. The lowest BCUT2D eigenvalue weighted by atomic mass is 10.1. The Labute approximate surface area is 114 Å². The molecule has 2 heterocycles. The second-order valence-electron chi connectivity index (χ2n) is 4.30. The Hall–Kier alpha value is -1.73. The van der Waals surface area contributed by atoms with Gasteiger partial charge in [0.2, 0.25) is 17.7 Å². The maximum absolute atomic E-state index is 12.3. The molecule has 19 heavy (non-hydrogen) atoms. The van der Waals surface area contributed by atoms with Gasteiger partial charge in [0.15, 0.2) is 0 Å². The van der Waals surface area contributed by atoms with Crippen LogP contribution in [0.1, 0.15) is 24.3 Å². The second kappa shape index (κ2) is 5.50. The number of thiophene rings is 1. The molecule has 0 spiro atoms. The lowest BCUT2D eigenvalue weighted by Crippen LogP contribution is -2.60. The van der Waals surface area contributed by atoms with Crippen molar-refractivity contribution in [2.45, 2.75) is 25.4 Å². The number of hydrogen-bond acceptors (Lipinski definition) is 5. The van der Waals surface area contributed by atoms with E-state index in [2.05, 4.69) is 5.32 Å². The number of carbonyl (C=O) groups is 3. The number of piperazine rings is 1. The van der Waals surface area contributed by atoms with Crippen molar-refractivity contribution in [2.75, 3.05) is 6.54 Å². The first-order valence-corrected chi connectivity index (χ1v) is 6.85. The van der Waals surface area contributed by atoms with Gasteiger partial charge in [-0.3, -0.25) is 19.7 Å². The van der Waals surface area contributed by atoms with Gasteiger partial charge < -0.3 is 10.6 Å². The molecule has 1 aliphatic heterocycles. The van der Waals surface area contributed by atoms with Crippen molar-refractivity contribution in [1.82, 2.24) is 10.2 Å². The van der Waals surface area contributed by atoms with E-state index in [0.717, 1.165) is 4.88 Å². The smallest absolute Gasteiger partial charge is 0.249 e. The lowest BCUT2D eigenvalue weighted by molar-refractivity contribution is -0.150. The highest BCUT2D eigenvalue weighted by molar-refractivity contribution is 7.10. The highest BCUT2D eigenvalue weighted by atomic mass is 32.1. The molecule has 1 aromatic heterocycles. The first-order chi connectivity index (χ1) is 9.04. The summed E-state index contributed by atoms with van der Waals surface area (Å²) >= 11 is 1.38. The van der Waals surface area contributed by atoms with Gasteiger partial charge in [0.25, 0.3) is 0 Å². The summed E-state index contributed by atoms with van der Waals surface area (Å²) in [5, 5.41) is 4.06. The van der Waals surface area contributed by atoms with Crippen LogP contribution in [0.25, 0.3) is 0 Å². The van der Waals surface area contributed by atoms with Gasteiger partial charge in [-0.25, -0.2) is 0 Å². The van der Waals surface area contributed by atoms with Crippen molar-refractivity contribution in [3.63, 3.8) is 0 Å². The molecule has 3 N–H and O–H groups in total. The van der Waals surface area contributed by atoms with Crippen LogP contribution in [0, 0.1) is 0 Å². The summed E-state index contributed by atoms with van der Waals surface area (Å²) in [5.41, 5.74) is 5.90. The number of nitrogens with two attached hydrogens (primary N) is 1. The molecule has 0 radical (unpaired) electrons. The fourth-order valence-electron chi connectivity index (χ4n) is 2.07. The van der Waals surface area contributed by atoms with Crippen LogP contribution in [-0.4, -0.2) is 35.2 Å². The SMILES string of the molecule is CCC1C(=O)NC(=O)CN1C(=O)C(N)c1cccs1.